The molecule has 1 heterocycles. The zero-order chi connectivity index (χ0) is 23.8. The fraction of sp³-hybridized carbons (Fsp3) is 0.0800. The zero-order valence-corrected chi connectivity index (χ0v) is 20.3. The molecule has 0 saturated heterocycles. The molecule has 2 N–H and O–H groups in total. The van der Waals surface area contributed by atoms with Gasteiger partial charge in [0.1, 0.15) is 5.75 Å². The van der Waals surface area contributed by atoms with Crippen molar-refractivity contribution < 1.29 is 14.3 Å². The second-order valence-electron chi connectivity index (χ2n) is 7.03. The largest absolute Gasteiger partial charge is 0.484 e. The molecule has 0 aliphatic rings. The number of anilines is 2. The van der Waals surface area contributed by atoms with E-state index in [0.717, 1.165) is 16.2 Å². The Morgan fingerprint density at radius 3 is 2.41 bits per heavy atom. The van der Waals surface area contributed by atoms with Gasteiger partial charge in [-0.2, -0.15) is 0 Å². The lowest BCUT2D eigenvalue weighted by molar-refractivity contribution is -0.118. The Labute approximate surface area is 210 Å². The van der Waals surface area contributed by atoms with Gasteiger partial charge in [-0.05, 0) is 42.5 Å². The summed E-state index contributed by atoms with van der Waals surface area (Å²) in [7, 11) is 0. The third-order valence-corrected chi connectivity index (χ3v) is 6.62. The molecule has 0 unspecified atom stereocenters. The van der Waals surface area contributed by atoms with E-state index in [1.807, 2.05) is 53.9 Å². The highest BCUT2D eigenvalue weighted by molar-refractivity contribution is 8.00. The third-order valence-electron chi connectivity index (χ3n) is 4.52. The molecule has 2 amide bonds. The van der Waals surface area contributed by atoms with Gasteiger partial charge >= 0.3 is 0 Å². The molecule has 0 aliphatic carbocycles. The van der Waals surface area contributed by atoms with Crippen LogP contribution in [0.5, 0.6) is 5.75 Å². The standard InChI is InChI=1S/C25H20ClN3O3S2/c26-21-9-5-4-8-20(21)22-15-34-25(28-22)29-24(31)16-33-19-12-10-17(11-13-19)27-23(30)14-32-18-6-2-1-3-7-18/h1-13,15H,14,16H2,(H,27,30)(H,28,29,31). The van der Waals surface area contributed by atoms with Crippen molar-refractivity contribution in [2.45, 2.75) is 4.90 Å². The Balaban J connectivity index is 1.22. The summed E-state index contributed by atoms with van der Waals surface area (Å²) in [5.41, 5.74) is 2.21. The van der Waals surface area contributed by atoms with E-state index >= 15 is 0 Å². The normalized spacial score (nSPS) is 10.5. The number of halogens is 1. The maximum absolute atomic E-state index is 12.3. The molecular weight excluding hydrogens is 490 g/mol. The summed E-state index contributed by atoms with van der Waals surface area (Å²) in [6.07, 6.45) is 0. The molecular formula is C25H20ClN3O3S2. The molecule has 4 rings (SSSR count). The number of amides is 2. The number of thioether (sulfide) groups is 1. The van der Waals surface area contributed by atoms with Crippen molar-refractivity contribution in [3.63, 3.8) is 0 Å². The Morgan fingerprint density at radius 2 is 1.65 bits per heavy atom. The van der Waals surface area contributed by atoms with Crippen LogP contribution in [-0.2, 0) is 9.59 Å². The van der Waals surface area contributed by atoms with Gasteiger partial charge in [-0.3, -0.25) is 9.59 Å². The molecule has 0 fully saturated rings. The van der Waals surface area contributed by atoms with E-state index in [-0.39, 0.29) is 24.2 Å². The second-order valence-corrected chi connectivity index (χ2v) is 9.34. The summed E-state index contributed by atoms with van der Waals surface area (Å²) >= 11 is 8.96. The van der Waals surface area contributed by atoms with E-state index in [0.29, 0.717) is 21.6 Å². The SMILES string of the molecule is O=C(COc1ccccc1)Nc1ccc(SCC(=O)Nc2nc(-c3ccccc3Cl)cs2)cc1. The monoisotopic (exact) mass is 509 g/mol. The van der Waals surface area contributed by atoms with Crippen LogP contribution in [0, 0.1) is 0 Å². The van der Waals surface area contributed by atoms with Gasteiger partial charge in [0, 0.05) is 26.5 Å². The second kappa shape index (κ2) is 11.7. The van der Waals surface area contributed by atoms with Crippen molar-refractivity contribution in [1.29, 1.82) is 0 Å². The topological polar surface area (TPSA) is 80.3 Å². The van der Waals surface area contributed by atoms with E-state index < -0.39 is 0 Å². The minimum Gasteiger partial charge on any atom is -0.484 e. The lowest BCUT2D eigenvalue weighted by atomic mass is 10.2. The smallest absolute Gasteiger partial charge is 0.262 e. The first-order chi connectivity index (χ1) is 16.6. The van der Waals surface area contributed by atoms with Crippen molar-refractivity contribution in [3.8, 4) is 17.0 Å². The number of nitrogens with one attached hydrogen (secondary N) is 2. The summed E-state index contributed by atoms with van der Waals surface area (Å²) in [5.74, 6) is 0.474. The summed E-state index contributed by atoms with van der Waals surface area (Å²) in [6, 6.07) is 23.9. The highest BCUT2D eigenvalue weighted by Gasteiger charge is 2.11. The van der Waals surface area contributed by atoms with Crippen LogP contribution in [-0.4, -0.2) is 29.2 Å². The van der Waals surface area contributed by atoms with Gasteiger partial charge in [0.15, 0.2) is 11.7 Å². The quantitative estimate of drug-likeness (QED) is 0.262. The number of thiazole rings is 1. The number of aromatic nitrogens is 1. The number of rotatable bonds is 9. The van der Waals surface area contributed by atoms with Gasteiger partial charge in [0.25, 0.3) is 5.91 Å². The third kappa shape index (κ3) is 6.84. The number of ether oxygens (including phenoxy) is 1. The van der Waals surface area contributed by atoms with Crippen molar-refractivity contribution in [2.24, 2.45) is 0 Å². The van der Waals surface area contributed by atoms with E-state index in [2.05, 4.69) is 15.6 Å². The van der Waals surface area contributed by atoms with E-state index in [4.69, 9.17) is 16.3 Å². The van der Waals surface area contributed by atoms with Gasteiger partial charge in [-0.1, -0.05) is 48.0 Å². The molecule has 172 valence electrons. The predicted octanol–water partition coefficient (Wildman–Crippen LogP) is 6.21. The molecule has 0 saturated carbocycles. The Morgan fingerprint density at radius 1 is 0.912 bits per heavy atom. The molecule has 0 bridgehead atoms. The van der Waals surface area contributed by atoms with Gasteiger partial charge in [0.2, 0.25) is 5.91 Å². The first-order valence-corrected chi connectivity index (χ1v) is 12.5. The van der Waals surface area contributed by atoms with E-state index in [9.17, 15) is 9.59 Å². The number of benzene rings is 3. The van der Waals surface area contributed by atoms with Gasteiger partial charge in [-0.25, -0.2) is 4.98 Å². The Bertz CT molecular complexity index is 1260. The molecule has 1 aromatic heterocycles. The van der Waals surface area contributed by atoms with Crippen molar-refractivity contribution in [2.75, 3.05) is 23.0 Å². The molecule has 34 heavy (non-hydrogen) atoms. The average molecular weight is 510 g/mol. The van der Waals surface area contributed by atoms with E-state index in [1.165, 1.54) is 23.1 Å². The first-order valence-electron chi connectivity index (χ1n) is 10.3. The summed E-state index contributed by atoms with van der Waals surface area (Å²) in [5, 5.41) is 8.61. The summed E-state index contributed by atoms with van der Waals surface area (Å²) in [6.45, 7) is -0.0738. The van der Waals surface area contributed by atoms with Crippen LogP contribution in [0.4, 0.5) is 10.8 Å². The highest BCUT2D eigenvalue weighted by Crippen LogP contribution is 2.30. The number of carbonyl (C=O) groups is 2. The van der Waals surface area contributed by atoms with Crippen LogP contribution in [0.1, 0.15) is 0 Å². The Kier molecular flexibility index (Phi) is 8.19. The Hall–Kier alpha value is -3.33. The van der Waals surface area contributed by atoms with Gasteiger partial charge in [-0.15, -0.1) is 23.1 Å². The average Bonchev–Trinajstić information content (AvgIpc) is 3.31. The molecule has 0 spiro atoms. The van der Waals surface area contributed by atoms with Crippen molar-refractivity contribution in [1.82, 2.24) is 4.98 Å². The summed E-state index contributed by atoms with van der Waals surface area (Å²) in [4.78, 5) is 29.8. The first kappa shape index (κ1) is 23.8. The molecule has 3 aromatic carbocycles. The zero-order valence-electron chi connectivity index (χ0n) is 17.9. The molecule has 6 nitrogen and oxygen atoms in total. The molecule has 4 aromatic rings. The van der Waals surface area contributed by atoms with Crippen LogP contribution >= 0.6 is 34.7 Å². The lowest BCUT2D eigenvalue weighted by Crippen LogP contribution is -2.20. The number of hydrogen-bond donors (Lipinski definition) is 2. The minimum absolute atomic E-state index is 0.0738. The fourth-order valence-corrected chi connectivity index (χ4v) is 4.58. The number of para-hydroxylation sites is 1. The van der Waals surface area contributed by atoms with Crippen LogP contribution in [0.3, 0.4) is 0 Å². The van der Waals surface area contributed by atoms with Crippen LogP contribution in [0.2, 0.25) is 5.02 Å². The van der Waals surface area contributed by atoms with Gasteiger partial charge < -0.3 is 15.4 Å². The minimum atomic E-state index is -0.247. The lowest BCUT2D eigenvalue weighted by Gasteiger charge is -2.08. The number of carbonyl (C=O) groups excluding carboxylic acids is 2. The molecule has 9 heteroatoms. The maximum Gasteiger partial charge on any atom is 0.262 e. The van der Waals surface area contributed by atoms with Crippen molar-refractivity contribution >= 4 is 57.3 Å². The van der Waals surface area contributed by atoms with Crippen molar-refractivity contribution in [3.05, 3.63) is 89.3 Å². The summed E-state index contributed by atoms with van der Waals surface area (Å²) < 4.78 is 5.44. The number of nitrogens with zero attached hydrogens (tertiary/aromatic N) is 1. The fourth-order valence-electron chi connectivity index (χ4n) is 2.93. The van der Waals surface area contributed by atoms with E-state index in [1.54, 1.807) is 30.3 Å². The van der Waals surface area contributed by atoms with Gasteiger partial charge in [0.05, 0.1) is 11.4 Å². The maximum atomic E-state index is 12.3. The molecule has 0 aliphatic heterocycles. The van der Waals surface area contributed by atoms with Crippen LogP contribution in [0.25, 0.3) is 11.3 Å². The number of hydrogen-bond acceptors (Lipinski definition) is 6. The van der Waals surface area contributed by atoms with Crippen LogP contribution in [0.15, 0.2) is 89.1 Å². The molecule has 0 radical (unpaired) electrons. The predicted molar refractivity (Wildman–Crippen MR) is 139 cm³/mol. The van der Waals surface area contributed by atoms with Crippen LogP contribution < -0.4 is 15.4 Å². The molecule has 0 atom stereocenters. The highest BCUT2D eigenvalue weighted by atomic mass is 35.5.